The molecule has 0 unspecified atom stereocenters. The molecular weight excluding hydrogens is 282 g/mol. The van der Waals surface area contributed by atoms with Crippen molar-refractivity contribution in [1.82, 2.24) is 0 Å². The van der Waals surface area contributed by atoms with Gasteiger partial charge in [-0.1, -0.05) is 51.6 Å². The van der Waals surface area contributed by atoms with Crippen molar-refractivity contribution in [3.8, 4) is 0 Å². The molecule has 0 heterocycles. The average molecular weight is 308 g/mol. The van der Waals surface area contributed by atoms with Crippen LogP contribution in [0.15, 0.2) is 18.2 Å². The minimum atomic E-state index is -0.733. The molecule has 1 aromatic rings. The lowest BCUT2D eigenvalue weighted by Gasteiger charge is -2.41. The predicted octanol–water partition coefficient (Wildman–Crippen LogP) is 5.90. The van der Waals surface area contributed by atoms with Crippen molar-refractivity contribution in [3.05, 3.63) is 35.4 Å². The van der Waals surface area contributed by atoms with Crippen molar-refractivity contribution in [2.75, 3.05) is 0 Å². The minimum absolute atomic E-state index is 0.0798. The largest absolute Gasteiger partial charge is 0.204 e. The molecule has 2 radical (unpaired) electrons. The quantitative estimate of drug-likeness (QED) is 0.574. The van der Waals surface area contributed by atoms with Crippen LogP contribution in [0.25, 0.3) is 0 Å². The zero-order chi connectivity index (χ0) is 15.3. The van der Waals surface area contributed by atoms with Gasteiger partial charge in [0, 0.05) is 9.52 Å². The highest BCUT2D eigenvalue weighted by Gasteiger charge is 2.36. The molecule has 1 aliphatic rings. The van der Waals surface area contributed by atoms with Crippen molar-refractivity contribution in [2.24, 2.45) is 0 Å². The number of benzene rings is 1. The SMILES string of the molecule is CCC[Si]C1CCC(CCC)(c2ccc(F)c(F)c2)CC1. The first-order valence-corrected chi connectivity index (χ1v) is 9.58. The Hall–Kier alpha value is -0.703. The van der Waals surface area contributed by atoms with E-state index in [4.69, 9.17) is 0 Å². The zero-order valence-corrected chi connectivity index (χ0v) is 14.2. The summed E-state index contributed by atoms with van der Waals surface area (Å²) in [5.41, 5.74) is 1.96. The van der Waals surface area contributed by atoms with E-state index in [1.54, 1.807) is 0 Å². The van der Waals surface area contributed by atoms with Crippen molar-refractivity contribution in [3.63, 3.8) is 0 Å². The molecule has 2 rings (SSSR count). The van der Waals surface area contributed by atoms with Gasteiger partial charge >= 0.3 is 0 Å². The molecule has 0 bridgehead atoms. The van der Waals surface area contributed by atoms with Crippen molar-refractivity contribution < 1.29 is 8.78 Å². The van der Waals surface area contributed by atoms with Crippen LogP contribution in [-0.2, 0) is 5.41 Å². The highest BCUT2D eigenvalue weighted by Crippen LogP contribution is 2.46. The van der Waals surface area contributed by atoms with Crippen LogP contribution in [0.1, 0.15) is 64.4 Å². The fourth-order valence-electron chi connectivity index (χ4n) is 3.71. The van der Waals surface area contributed by atoms with Gasteiger partial charge in [-0.25, -0.2) is 8.78 Å². The topological polar surface area (TPSA) is 0 Å². The summed E-state index contributed by atoms with van der Waals surface area (Å²) >= 11 is 0. The van der Waals surface area contributed by atoms with E-state index in [-0.39, 0.29) is 5.41 Å². The monoisotopic (exact) mass is 308 g/mol. The Labute approximate surface area is 130 Å². The molecule has 116 valence electrons. The molecule has 0 N–H and O–H groups in total. The van der Waals surface area contributed by atoms with Crippen LogP contribution in [0.3, 0.4) is 0 Å². The Bertz CT molecular complexity index is 451. The average Bonchev–Trinajstić information content (AvgIpc) is 2.49. The van der Waals surface area contributed by atoms with Gasteiger partial charge in [-0.05, 0) is 47.9 Å². The van der Waals surface area contributed by atoms with Crippen LogP contribution in [0, 0.1) is 11.6 Å². The number of rotatable bonds is 6. The molecule has 1 aliphatic carbocycles. The Morgan fingerprint density at radius 3 is 2.38 bits per heavy atom. The summed E-state index contributed by atoms with van der Waals surface area (Å²) in [5, 5.41) is 0. The van der Waals surface area contributed by atoms with E-state index in [0.717, 1.165) is 46.3 Å². The molecular formula is C18H26F2Si. The molecule has 0 spiro atoms. The van der Waals surface area contributed by atoms with Crippen molar-refractivity contribution >= 4 is 9.52 Å². The van der Waals surface area contributed by atoms with E-state index in [1.807, 2.05) is 6.07 Å². The fourth-order valence-corrected chi connectivity index (χ4v) is 5.10. The highest BCUT2D eigenvalue weighted by molar-refractivity contribution is 6.37. The van der Waals surface area contributed by atoms with E-state index < -0.39 is 11.6 Å². The smallest absolute Gasteiger partial charge is 0.159 e. The van der Waals surface area contributed by atoms with Gasteiger partial charge in [-0.3, -0.25) is 0 Å². The van der Waals surface area contributed by atoms with Crippen LogP contribution in [-0.4, -0.2) is 9.52 Å². The number of hydrogen-bond donors (Lipinski definition) is 0. The van der Waals surface area contributed by atoms with E-state index in [0.29, 0.717) is 0 Å². The van der Waals surface area contributed by atoms with E-state index in [2.05, 4.69) is 13.8 Å². The minimum Gasteiger partial charge on any atom is -0.204 e. The Kier molecular flexibility index (Phi) is 5.97. The summed E-state index contributed by atoms with van der Waals surface area (Å²) in [6.07, 6.45) is 8.22. The zero-order valence-electron chi connectivity index (χ0n) is 13.2. The lowest BCUT2D eigenvalue weighted by Crippen LogP contribution is -2.31. The van der Waals surface area contributed by atoms with Gasteiger partial charge < -0.3 is 0 Å². The first-order valence-electron chi connectivity index (χ1n) is 8.30. The Morgan fingerprint density at radius 2 is 1.81 bits per heavy atom. The lowest BCUT2D eigenvalue weighted by atomic mass is 9.67. The standard InChI is InChI=1S/C18H26F2Si/c1-3-9-18(14-5-6-16(19)17(20)13-14)10-7-15(8-11-18)21-12-4-2/h5-6,13,15H,3-4,7-12H2,1-2H3. The van der Waals surface area contributed by atoms with Gasteiger partial charge in [0.2, 0.25) is 0 Å². The first-order chi connectivity index (χ1) is 10.1. The lowest BCUT2D eigenvalue weighted by molar-refractivity contribution is 0.269. The molecule has 0 saturated heterocycles. The molecule has 21 heavy (non-hydrogen) atoms. The summed E-state index contributed by atoms with van der Waals surface area (Å²) in [4.78, 5) is 0. The third-order valence-electron chi connectivity index (χ3n) is 4.89. The first kappa shape index (κ1) is 16.7. The van der Waals surface area contributed by atoms with Gasteiger partial charge in [-0.2, -0.15) is 0 Å². The third-order valence-corrected chi connectivity index (χ3v) is 6.83. The molecule has 0 atom stereocenters. The maximum atomic E-state index is 13.6. The maximum Gasteiger partial charge on any atom is 0.159 e. The summed E-state index contributed by atoms with van der Waals surface area (Å²) in [5.74, 6) is -1.43. The maximum absolute atomic E-state index is 13.6. The molecule has 3 heteroatoms. The molecule has 1 fully saturated rings. The number of hydrogen-bond acceptors (Lipinski definition) is 0. The second kappa shape index (κ2) is 7.53. The van der Waals surface area contributed by atoms with Gasteiger partial charge in [0.1, 0.15) is 0 Å². The molecule has 0 aromatic heterocycles. The fraction of sp³-hybridized carbons (Fsp3) is 0.667. The van der Waals surface area contributed by atoms with Gasteiger partial charge in [0.05, 0.1) is 0 Å². The van der Waals surface area contributed by atoms with Crippen molar-refractivity contribution in [2.45, 2.75) is 75.8 Å². The molecule has 0 nitrogen and oxygen atoms in total. The van der Waals surface area contributed by atoms with E-state index in [9.17, 15) is 8.78 Å². The highest BCUT2D eigenvalue weighted by atomic mass is 28.2. The summed E-state index contributed by atoms with van der Waals surface area (Å²) in [6, 6.07) is 5.89. The summed E-state index contributed by atoms with van der Waals surface area (Å²) in [6.45, 7) is 4.44. The third kappa shape index (κ3) is 3.94. The normalized spacial score (nSPS) is 26.0. The van der Waals surface area contributed by atoms with Crippen LogP contribution in [0.5, 0.6) is 0 Å². The van der Waals surface area contributed by atoms with E-state index in [1.165, 1.54) is 37.4 Å². The van der Waals surface area contributed by atoms with Crippen LogP contribution in [0.2, 0.25) is 11.6 Å². The van der Waals surface area contributed by atoms with E-state index >= 15 is 0 Å². The van der Waals surface area contributed by atoms with Crippen LogP contribution < -0.4 is 0 Å². The summed E-state index contributed by atoms with van der Waals surface area (Å²) in [7, 11) is 1.08. The van der Waals surface area contributed by atoms with Gasteiger partial charge in [-0.15, -0.1) is 0 Å². The second-order valence-corrected chi connectivity index (χ2v) is 8.11. The predicted molar refractivity (Wildman–Crippen MR) is 86.0 cm³/mol. The van der Waals surface area contributed by atoms with Crippen LogP contribution >= 0.6 is 0 Å². The Morgan fingerprint density at radius 1 is 1.10 bits per heavy atom. The number of halogens is 2. The van der Waals surface area contributed by atoms with Crippen LogP contribution in [0.4, 0.5) is 8.78 Å². The molecule has 1 saturated carbocycles. The molecule has 0 amide bonds. The Balaban J connectivity index is 2.13. The summed E-state index contributed by atoms with van der Waals surface area (Å²) < 4.78 is 26.8. The second-order valence-electron chi connectivity index (χ2n) is 6.39. The molecule has 0 aliphatic heterocycles. The molecule has 1 aromatic carbocycles. The van der Waals surface area contributed by atoms with Gasteiger partial charge in [0.15, 0.2) is 11.6 Å². The van der Waals surface area contributed by atoms with Crippen molar-refractivity contribution in [1.29, 1.82) is 0 Å². The van der Waals surface area contributed by atoms with Gasteiger partial charge in [0.25, 0.3) is 0 Å².